The number of nitrogens with zero attached hydrogens (tertiary/aromatic N) is 2. The van der Waals surface area contributed by atoms with Crippen molar-refractivity contribution >= 4 is 32.6 Å². The first kappa shape index (κ1) is 20.7. The molecule has 0 N–H and O–H groups in total. The van der Waals surface area contributed by atoms with Crippen molar-refractivity contribution in [3.63, 3.8) is 0 Å². The van der Waals surface area contributed by atoms with Gasteiger partial charge in [0.1, 0.15) is 33.2 Å². The molecule has 0 radical (unpaired) electrons. The van der Waals surface area contributed by atoms with Crippen molar-refractivity contribution < 1.29 is 23.4 Å². The van der Waals surface area contributed by atoms with Gasteiger partial charge < -0.3 is 18.6 Å². The van der Waals surface area contributed by atoms with Crippen LogP contribution < -0.4 is 19.1 Å². The minimum absolute atomic E-state index is 0.0986. The van der Waals surface area contributed by atoms with E-state index in [2.05, 4.69) is 0 Å². The zero-order chi connectivity index (χ0) is 21.8. The second-order valence-corrected chi connectivity index (χ2v) is 7.71. The van der Waals surface area contributed by atoms with E-state index in [0.29, 0.717) is 27.9 Å². The molecule has 0 atom stereocenters. The van der Waals surface area contributed by atoms with E-state index in [1.54, 1.807) is 44.6 Å². The zero-order valence-electron chi connectivity index (χ0n) is 17.5. The van der Waals surface area contributed by atoms with Crippen LogP contribution in [-0.2, 0) is 17.8 Å². The Morgan fingerprint density at radius 2 is 1.74 bits per heavy atom. The molecule has 31 heavy (non-hydrogen) atoms. The van der Waals surface area contributed by atoms with E-state index in [-0.39, 0.29) is 18.9 Å². The van der Waals surface area contributed by atoms with Crippen LogP contribution in [0.2, 0.25) is 0 Å². The van der Waals surface area contributed by atoms with Crippen LogP contribution in [0.4, 0.5) is 5.13 Å². The molecule has 4 rings (SSSR count). The zero-order valence-corrected chi connectivity index (χ0v) is 18.3. The Hall–Kier alpha value is -3.52. The highest BCUT2D eigenvalue weighted by atomic mass is 32.1. The summed E-state index contributed by atoms with van der Waals surface area (Å²) in [7, 11) is 4.81. The molecule has 8 heteroatoms. The normalized spacial score (nSPS) is 10.8. The van der Waals surface area contributed by atoms with Crippen LogP contribution in [0, 0.1) is 0 Å². The quantitative estimate of drug-likeness (QED) is 0.397. The first-order valence-electron chi connectivity index (χ1n) is 9.60. The van der Waals surface area contributed by atoms with Crippen LogP contribution in [-0.4, -0.2) is 32.2 Å². The largest absolute Gasteiger partial charge is 0.497 e. The van der Waals surface area contributed by atoms with Crippen molar-refractivity contribution in [2.75, 3.05) is 26.2 Å². The molecule has 0 bridgehead atoms. The Balaban J connectivity index is 1.71. The Labute approximate surface area is 183 Å². The number of carbonyl (C=O) groups is 1. The molecule has 0 aliphatic heterocycles. The van der Waals surface area contributed by atoms with Crippen molar-refractivity contribution in [2.24, 2.45) is 0 Å². The highest BCUT2D eigenvalue weighted by molar-refractivity contribution is 7.22. The Morgan fingerprint density at radius 3 is 2.39 bits per heavy atom. The predicted octanol–water partition coefficient (Wildman–Crippen LogP) is 4.69. The maximum absolute atomic E-state index is 13.3. The summed E-state index contributed by atoms with van der Waals surface area (Å²) in [5.74, 6) is 2.62. The molecule has 2 heterocycles. The molecular formula is C23H22N2O5S. The number of amides is 1. The van der Waals surface area contributed by atoms with Crippen molar-refractivity contribution in [1.82, 2.24) is 4.98 Å². The van der Waals surface area contributed by atoms with Gasteiger partial charge in [0.25, 0.3) is 0 Å². The molecule has 0 unspecified atom stereocenters. The minimum atomic E-state index is -0.0986. The lowest BCUT2D eigenvalue weighted by Crippen LogP contribution is -2.31. The van der Waals surface area contributed by atoms with Crippen LogP contribution >= 0.6 is 11.3 Å². The van der Waals surface area contributed by atoms with Crippen molar-refractivity contribution in [1.29, 1.82) is 0 Å². The van der Waals surface area contributed by atoms with E-state index in [0.717, 1.165) is 16.0 Å². The smallest absolute Gasteiger partial charge is 0.233 e. The van der Waals surface area contributed by atoms with Crippen molar-refractivity contribution in [3.8, 4) is 17.2 Å². The summed E-state index contributed by atoms with van der Waals surface area (Å²) in [5, 5.41) is 0.549. The van der Waals surface area contributed by atoms with Gasteiger partial charge in [0.15, 0.2) is 5.13 Å². The molecule has 1 amide bonds. The van der Waals surface area contributed by atoms with Gasteiger partial charge in [0.2, 0.25) is 5.91 Å². The highest BCUT2D eigenvalue weighted by Gasteiger charge is 2.24. The van der Waals surface area contributed by atoms with Gasteiger partial charge in [-0.2, -0.15) is 0 Å². The van der Waals surface area contributed by atoms with E-state index in [4.69, 9.17) is 23.6 Å². The van der Waals surface area contributed by atoms with E-state index in [1.165, 1.54) is 11.3 Å². The Kier molecular flexibility index (Phi) is 6.08. The Bertz CT molecular complexity index is 1130. The molecular weight excluding hydrogens is 416 g/mol. The molecule has 0 saturated heterocycles. The summed E-state index contributed by atoms with van der Waals surface area (Å²) < 4.78 is 22.5. The number of thiazole rings is 1. The monoisotopic (exact) mass is 438 g/mol. The molecule has 0 aliphatic carbocycles. The minimum Gasteiger partial charge on any atom is -0.497 e. The maximum Gasteiger partial charge on any atom is 0.233 e. The van der Waals surface area contributed by atoms with Gasteiger partial charge in [-0.3, -0.25) is 9.69 Å². The molecule has 4 aromatic rings. The standard InChI is InChI=1S/C23H22N2O5S/c1-27-16-8-6-15(7-9-16)13-20(26)25(14-17-5-4-12-30-17)23-24-21-18(28-2)10-11-19(29-3)22(21)31-23/h4-12H,13-14H2,1-3H3. The lowest BCUT2D eigenvalue weighted by Gasteiger charge is -2.19. The number of anilines is 1. The second kappa shape index (κ2) is 9.09. The fraction of sp³-hybridized carbons (Fsp3) is 0.217. The SMILES string of the molecule is COc1ccc(CC(=O)N(Cc2ccco2)c2nc3c(OC)ccc(OC)c3s2)cc1. The maximum atomic E-state index is 13.3. The summed E-state index contributed by atoms with van der Waals surface area (Å²) in [4.78, 5) is 19.7. The van der Waals surface area contributed by atoms with Gasteiger partial charge >= 0.3 is 0 Å². The third kappa shape index (κ3) is 4.34. The van der Waals surface area contributed by atoms with Crippen LogP contribution in [0.5, 0.6) is 17.2 Å². The number of methoxy groups -OCH3 is 3. The van der Waals surface area contributed by atoms with Gasteiger partial charge in [-0.15, -0.1) is 0 Å². The van der Waals surface area contributed by atoms with E-state index < -0.39 is 0 Å². The van der Waals surface area contributed by atoms with Crippen LogP contribution in [0.3, 0.4) is 0 Å². The predicted molar refractivity (Wildman–Crippen MR) is 119 cm³/mol. The van der Waals surface area contributed by atoms with Crippen LogP contribution in [0.15, 0.2) is 59.2 Å². The fourth-order valence-corrected chi connectivity index (χ4v) is 4.31. The number of aromatic nitrogens is 1. The fourth-order valence-electron chi connectivity index (χ4n) is 3.22. The van der Waals surface area contributed by atoms with Gasteiger partial charge in [-0.05, 0) is 42.0 Å². The molecule has 0 aliphatic rings. The molecule has 7 nitrogen and oxygen atoms in total. The summed E-state index contributed by atoms with van der Waals surface area (Å²) in [6, 6.07) is 14.7. The van der Waals surface area contributed by atoms with Crippen molar-refractivity contribution in [2.45, 2.75) is 13.0 Å². The number of carbonyl (C=O) groups excluding carboxylic acids is 1. The number of furan rings is 1. The van der Waals surface area contributed by atoms with Crippen molar-refractivity contribution in [3.05, 3.63) is 66.1 Å². The average Bonchev–Trinajstić information content (AvgIpc) is 3.47. The number of ether oxygens (including phenoxy) is 3. The molecule has 0 fully saturated rings. The van der Waals surface area contributed by atoms with Gasteiger partial charge in [0, 0.05) is 0 Å². The molecule has 2 aromatic carbocycles. The lowest BCUT2D eigenvalue weighted by molar-refractivity contribution is -0.118. The third-order valence-corrected chi connectivity index (χ3v) is 5.93. The summed E-state index contributed by atoms with van der Waals surface area (Å²) in [6.07, 6.45) is 1.81. The van der Waals surface area contributed by atoms with Crippen LogP contribution in [0.25, 0.3) is 10.2 Å². The topological polar surface area (TPSA) is 74.0 Å². The highest BCUT2D eigenvalue weighted by Crippen LogP contribution is 2.40. The third-order valence-electron chi connectivity index (χ3n) is 4.84. The average molecular weight is 439 g/mol. The molecule has 2 aromatic heterocycles. The van der Waals surface area contributed by atoms with E-state index >= 15 is 0 Å². The summed E-state index contributed by atoms with van der Waals surface area (Å²) in [5.41, 5.74) is 1.54. The van der Waals surface area contributed by atoms with E-state index in [1.807, 2.05) is 36.4 Å². The lowest BCUT2D eigenvalue weighted by atomic mass is 10.1. The molecule has 160 valence electrons. The number of hydrogen-bond donors (Lipinski definition) is 0. The number of benzene rings is 2. The summed E-state index contributed by atoms with van der Waals surface area (Å²) >= 11 is 1.38. The van der Waals surface area contributed by atoms with Crippen LogP contribution in [0.1, 0.15) is 11.3 Å². The van der Waals surface area contributed by atoms with E-state index in [9.17, 15) is 4.79 Å². The Morgan fingerprint density at radius 1 is 1.00 bits per heavy atom. The molecule has 0 saturated carbocycles. The number of rotatable bonds is 8. The van der Waals surface area contributed by atoms with Gasteiger partial charge in [-0.1, -0.05) is 23.5 Å². The second-order valence-electron chi connectivity index (χ2n) is 6.73. The number of fused-ring (bicyclic) bond motifs is 1. The number of hydrogen-bond acceptors (Lipinski definition) is 7. The van der Waals surface area contributed by atoms with Gasteiger partial charge in [-0.25, -0.2) is 4.98 Å². The molecule has 0 spiro atoms. The summed E-state index contributed by atoms with van der Waals surface area (Å²) in [6.45, 7) is 0.270. The first-order chi connectivity index (χ1) is 15.1. The first-order valence-corrected chi connectivity index (χ1v) is 10.4. The van der Waals surface area contributed by atoms with Gasteiger partial charge in [0.05, 0.1) is 40.6 Å².